The molecule has 2 N–H and O–H groups in total. The van der Waals surface area contributed by atoms with E-state index in [1.165, 1.54) is 11.8 Å². The van der Waals surface area contributed by atoms with Crippen molar-refractivity contribution < 1.29 is 14.7 Å². The van der Waals surface area contributed by atoms with Crippen LogP contribution in [0, 0.1) is 5.92 Å². The highest BCUT2D eigenvalue weighted by atomic mass is 35.5. The summed E-state index contributed by atoms with van der Waals surface area (Å²) in [5, 5.41) is 12.1. The molecule has 4 nitrogen and oxygen atoms in total. The number of nitrogens with one attached hydrogen (secondary N) is 1. The second kappa shape index (κ2) is 8.29. The summed E-state index contributed by atoms with van der Waals surface area (Å²) in [5.74, 6) is -1.39. The van der Waals surface area contributed by atoms with Crippen LogP contribution in [0.3, 0.4) is 0 Å². The van der Waals surface area contributed by atoms with Gasteiger partial charge in [0.2, 0.25) is 5.91 Å². The van der Waals surface area contributed by atoms with Gasteiger partial charge in [0.15, 0.2) is 0 Å². The van der Waals surface area contributed by atoms with Gasteiger partial charge in [-0.25, -0.2) is 4.79 Å². The number of carbonyl (C=O) groups excluding carboxylic acids is 1. The summed E-state index contributed by atoms with van der Waals surface area (Å²) in [7, 11) is 0. The van der Waals surface area contributed by atoms with Crippen molar-refractivity contribution in [3.63, 3.8) is 0 Å². The minimum Gasteiger partial charge on any atom is -0.480 e. The summed E-state index contributed by atoms with van der Waals surface area (Å²) in [4.78, 5) is 24.3. The number of carboxylic acids is 1. The first-order chi connectivity index (χ1) is 9.85. The molecule has 0 saturated carbocycles. The van der Waals surface area contributed by atoms with Crippen LogP contribution < -0.4 is 5.32 Å². The normalized spacial score (nSPS) is 15.0. The van der Waals surface area contributed by atoms with Gasteiger partial charge in [-0.05, 0) is 37.1 Å². The minimum atomic E-state index is -0.999. The van der Waals surface area contributed by atoms with Crippen LogP contribution in [0.1, 0.15) is 27.2 Å². The highest BCUT2D eigenvalue weighted by Crippen LogP contribution is 2.25. The van der Waals surface area contributed by atoms with Gasteiger partial charge >= 0.3 is 5.97 Å². The van der Waals surface area contributed by atoms with E-state index < -0.39 is 12.0 Å². The van der Waals surface area contributed by atoms with E-state index in [9.17, 15) is 14.7 Å². The van der Waals surface area contributed by atoms with E-state index in [4.69, 9.17) is 11.6 Å². The van der Waals surface area contributed by atoms with E-state index in [-0.39, 0.29) is 17.1 Å². The number of carboxylic acid groups (broad SMARTS) is 1. The Labute approximate surface area is 134 Å². The molecule has 0 bridgehead atoms. The van der Waals surface area contributed by atoms with Gasteiger partial charge in [-0.1, -0.05) is 31.9 Å². The molecule has 0 saturated heterocycles. The maximum Gasteiger partial charge on any atom is 0.326 e. The number of amides is 1. The van der Waals surface area contributed by atoms with Crippen molar-refractivity contribution in [2.24, 2.45) is 5.92 Å². The molecule has 116 valence electrons. The highest BCUT2D eigenvalue weighted by molar-refractivity contribution is 8.00. The fourth-order valence-electron chi connectivity index (χ4n) is 1.72. The fraction of sp³-hybridized carbons (Fsp3) is 0.467. The van der Waals surface area contributed by atoms with E-state index >= 15 is 0 Å². The predicted molar refractivity (Wildman–Crippen MR) is 85.8 cm³/mol. The third kappa shape index (κ3) is 5.59. The fourth-order valence-corrected chi connectivity index (χ4v) is 2.73. The average molecular weight is 330 g/mol. The Balaban J connectivity index is 2.64. The number of halogens is 1. The van der Waals surface area contributed by atoms with Crippen molar-refractivity contribution in [3.8, 4) is 0 Å². The molecule has 0 aliphatic heterocycles. The van der Waals surface area contributed by atoms with E-state index in [0.717, 1.165) is 4.90 Å². The number of benzene rings is 1. The summed E-state index contributed by atoms with van der Waals surface area (Å²) in [5.41, 5.74) is 0. The molecule has 0 aliphatic carbocycles. The first kappa shape index (κ1) is 17.9. The molecule has 1 aromatic rings. The minimum absolute atomic E-state index is 0.112. The van der Waals surface area contributed by atoms with Crippen LogP contribution in [-0.4, -0.2) is 28.3 Å². The van der Waals surface area contributed by atoms with Crippen LogP contribution in [0.25, 0.3) is 0 Å². The van der Waals surface area contributed by atoms with Gasteiger partial charge in [-0.3, -0.25) is 4.79 Å². The van der Waals surface area contributed by atoms with E-state index in [1.54, 1.807) is 19.1 Å². The number of carbonyl (C=O) groups is 2. The Morgan fingerprint density at radius 2 is 1.86 bits per heavy atom. The zero-order valence-corrected chi connectivity index (χ0v) is 13.9. The SMILES string of the molecule is CC[C@H](C)[C@H](NC(=O)[C@H](C)Sc1ccc(Cl)cc1)C(=O)O. The maximum atomic E-state index is 12.1. The molecule has 0 fully saturated rings. The van der Waals surface area contributed by atoms with Gasteiger partial charge in [-0.15, -0.1) is 11.8 Å². The van der Waals surface area contributed by atoms with Gasteiger partial charge < -0.3 is 10.4 Å². The van der Waals surface area contributed by atoms with Gasteiger partial charge in [0.1, 0.15) is 6.04 Å². The molecule has 1 aromatic carbocycles. The number of thioether (sulfide) groups is 1. The molecule has 21 heavy (non-hydrogen) atoms. The molecule has 0 spiro atoms. The van der Waals surface area contributed by atoms with Crippen LogP contribution in [0.15, 0.2) is 29.2 Å². The second-order valence-electron chi connectivity index (χ2n) is 4.92. The molecule has 0 radical (unpaired) electrons. The zero-order chi connectivity index (χ0) is 16.0. The Morgan fingerprint density at radius 3 is 2.33 bits per heavy atom. The molecular weight excluding hydrogens is 310 g/mol. The van der Waals surface area contributed by atoms with Gasteiger partial charge in [-0.2, -0.15) is 0 Å². The molecule has 3 atom stereocenters. The van der Waals surface area contributed by atoms with Crippen molar-refractivity contribution in [2.45, 2.75) is 43.4 Å². The largest absolute Gasteiger partial charge is 0.480 e. The first-order valence-electron chi connectivity index (χ1n) is 6.80. The molecular formula is C15H20ClNO3S. The van der Waals surface area contributed by atoms with Crippen LogP contribution in [0.2, 0.25) is 5.02 Å². The molecule has 1 rings (SSSR count). The lowest BCUT2D eigenvalue weighted by Gasteiger charge is -2.22. The quantitative estimate of drug-likeness (QED) is 0.752. The van der Waals surface area contributed by atoms with Crippen molar-refractivity contribution in [1.29, 1.82) is 0 Å². The summed E-state index contributed by atoms with van der Waals surface area (Å²) < 4.78 is 0. The van der Waals surface area contributed by atoms with Gasteiger partial charge in [0, 0.05) is 9.92 Å². The Bertz CT molecular complexity index is 492. The second-order valence-corrected chi connectivity index (χ2v) is 6.77. The molecule has 0 aromatic heterocycles. The Kier molecular flexibility index (Phi) is 7.05. The number of rotatable bonds is 7. The average Bonchev–Trinajstić information content (AvgIpc) is 2.45. The van der Waals surface area contributed by atoms with Crippen LogP contribution >= 0.6 is 23.4 Å². The zero-order valence-electron chi connectivity index (χ0n) is 12.3. The summed E-state index contributed by atoms with van der Waals surface area (Å²) in [6.45, 7) is 5.47. The topological polar surface area (TPSA) is 66.4 Å². The van der Waals surface area contributed by atoms with Gasteiger partial charge in [0.25, 0.3) is 0 Å². The molecule has 1 amide bonds. The Hall–Kier alpha value is -1.20. The Morgan fingerprint density at radius 1 is 1.29 bits per heavy atom. The first-order valence-corrected chi connectivity index (χ1v) is 8.06. The number of aliphatic carboxylic acids is 1. The molecule has 0 heterocycles. The van der Waals surface area contributed by atoms with Crippen molar-refractivity contribution in [1.82, 2.24) is 5.32 Å². The molecule has 6 heteroatoms. The maximum absolute atomic E-state index is 12.1. The summed E-state index contributed by atoms with van der Waals surface area (Å²) in [6.07, 6.45) is 0.690. The lowest BCUT2D eigenvalue weighted by molar-refractivity contribution is -0.143. The standard InChI is InChI=1S/C15H20ClNO3S/c1-4-9(2)13(15(19)20)17-14(18)10(3)21-12-7-5-11(16)6-8-12/h5-10,13H,4H2,1-3H3,(H,17,18)(H,19,20)/t9-,10-,13-/m0/s1. The van der Waals surface area contributed by atoms with Crippen LogP contribution in [0.4, 0.5) is 0 Å². The lowest BCUT2D eigenvalue weighted by Crippen LogP contribution is -2.47. The van der Waals surface area contributed by atoms with Crippen LogP contribution in [-0.2, 0) is 9.59 Å². The van der Waals surface area contributed by atoms with E-state index in [1.807, 2.05) is 26.0 Å². The third-order valence-corrected chi connectivity index (χ3v) is 4.64. The van der Waals surface area contributed by atoms with Crippen molar-refractivity contribution >= 4 is 35.2 Å². The van der Waals surface area contributed by atoms with Crippen LogP contribution in [0.5, 0.6) is 0 Å². The van der Waals surface area contributed by atoms with Crippen molar-refractivity contribution in [2.75, 3.05) is 0 Å². The molecule has 0 aliphatic rings. The molecule has 0 unspecified atom stereocenters. The van der Waals surface area contributed by atoms with E-state index in [2.05, 4.69) is 5.32 Å². The third-order valence-electron chi connectivity index (χ3n) is 3.27. The summed E-state index contributed by atoms with van der Waals surface area (Å²) >= 11 is 7.18. The smallest absolute Gasteiger partial charge is 0.326 e. The van der Waals surface area contributed by atoms with Gasteiger partial charge in [0.05, 0.1) is 5.25 Å². The number of hydrogen-bond acceptors (Lipinski definition) is 3. The lowest BCUT2D eigenvalue weighted by atomic mass is 9.99. The number of hydrogen-bond donors (Lipinski definition) is 2. The van der Waals surface area contributed by atoms with E-state index in [0.29, 0.717) is 11.4 Å². The monoisotopic (exact) mass is 329 g/mol. The van der Waals surface area contributed by atoms with Crippen molar-refractivity contribution in [3.05, 3.63) is 29.3 Å². The summed E-state index contributed by atoms with van der Waals surface area (Å²) in [6, 6.07) is 6.33. The predicted octanol–water partition coefficient (Wildman–Crippen LogP) is 3.44. The highest BCUT2D eigenvalue weighted by Gasteiger charge is 2.27.